The van der Waals surface area contributed by atoms with Gasteiger partial charge in [0.25, 0.3) is 0 Å². The molecule has 0 amide bonds. The molecule has 43 heavy (non-hydrogen) atoms. The van der Waals surface area contributed by atoms with E-state index in [9.17, 15) is 0 Å². The zero-order valence-corrected chi connectivity index (χ0v) is 40.6. The summed E-state index contributed by atoms with van der Waals surface area (Å²) in [6, 6.07) is -0.374. The normalized spacial score (nSPS) is 20.0. The molecule has 0 saturated carbocycles. The van der Waals surface area contributed by atoms with Crippen LogP contribution in [0.1, 0.15) is 47.0 Å². The van der Waals surface area contributed by atoms with Gasteiger partial charge in [0.05, 0.1) is 0 Å². The lowest BCUT2D eigenvalue weighted by Crippen LogP contribution is -2.89. The number of piperidine rings is 1. The second-order valence-electron chi connectivity index (χ2n) is 19.7. The molecule has 1 heterocycles. The zero-order chi connectivity index (χ0) is 34.5. The molecule has 1 aliphatic heterocycles. The highest BCUT2D eigenvalue weighted by Crippen LogP contribution is 2.46. The van der Waals surface area contributed by atoms with E-state index in [1.165, 1.54) is 6.42 Å². The molecule has 1 fully saturated rings. The average Bonchev–Trinajstić information content (AvgIpc) is 2.54. The highest BCUT2D eigenvalue weighted by molar-refractivity contribution is 7.55. The van der Waals surface area contributed by atoms with Crippen molar-refractivity contribution < 1.29 is 24.7 Å². The van der Waals surface area contributed by atoms with E-state index in [0.29, 0.717) is 0 Å². The maximum atomic E-state index is 7.63. The van der Waals surface area contributed by atoms with E-state index in [0.717, 1.165) is 12.8 Å². The molecule has 0 N–H and O–H groups in total. The molecule has 1 rings (SSSR count). The zero-order valence-electron chi connectivity index (χ0n) is 32.6. The van der Waals surface area contributed by atoms with Crippen molar-refractivity contribution in [1.82, 2.24) is 4.81 Å². The van der Waals surface area contributed by atoms with Gasteiger partial charge in [-0.3, -0.25) is 0 Å². The van der Waals surface area contributed by atoms with E-state index >= 15 is 0 Å². The molecule has 0 radical (unpaired) electrons. The second kappa shape index (κ2) is 13.4. The van der Waals surface area contributed by atoms with Gasteiger partial charge >= 0.3 is 23.4 Å². The van der Waals surface area contributed by atoms with Crippen LogP contribution in [0.4, 0.5) is 0 Å². The van der Waals surface area contributed by atoms with Crippen molar-refractivity contribution >= 4 is 73.3 Å². The van der Waals surface area contributed by atoms with Crippen molar-refractivity contribution in [1.29, 1.82) is 0 Å². The van der Waals surface area contributed by atoms with Gasteiger partial charge in [0.1, 0.15) is 0 Å². The molecule has 7 nitrogen and oxygen atoms in total. The molecular formula is C27H72BNO6Si8. The summed E-state index contributed by atoms with van der Waals surface area (Å²) in [6.45, 7) is 50.6. The summed E-state index contributed by atoms with van der Waals surface area (Å²) in [4.78, 5) is 2.72. The maximum absolute atomic E-state index is 7.63. The Morgan fingerprint density at radius 3 is 0.744 bits per heavy atom. The van der Waals surface area contributed by atoms with Gasteiger partial charge < -0.3 is 29.5 Å². The number of hydrogen-bond acceptors (Lipinski definition) is 7. The smallest absolute Gasteiger partial charge is 0.422 e. The molecule has 0 aromatic heterocycles. The first kappa shape index (κ1) is 42.5. The minimum Gasteiger partial charge on any atom is -0.422 e. The Hall–Kier alpha value is 1.52. The fraction of sp³-hybridized carbons (Fsp3) is 1.00. The molecule has 0 bridgehead atoms. The van der Waals surface area contributed by atoms with Crippen LogP contribution in [0.5, 0.6) is 0 Å². The van der Waals surface area contributed by atoms with Crippen LogP contribution < -0.4 is 0 Å². The molecule has 0 spiro atoms. The summed E-state index contributed by atoms with van der Waals surface area (Å²) in [6.07, 6.45) is 3.31. The standard InChI is InChI=1S/C27H72BNO6Si8/c1-26(2)24-23-25-27(3,4)29(26)28(42(30-36(5,6)7,31-37(8,9)10)32-38(11,12)13)43(33-39(14,15)16,34-40(17,18)19)35-41(20,21)22/h23-25H2,1-22H3. The number of nitrogens with zero attached hydrogens (tertiary/aromatic N) is 1. The minimum absolute atomic E-state index is 0.175. The van der Waals surface area contributed by atoms with Crippen LogP contribution in [0.3, 0.4) is 0 Å². The topological polar surface area (TPSA) is 58.6 Å². The maximum Gasteiger partial charge on any atom is 0.444 e. The first-order valence-corrected chi connectivity index (χ1v) is 40.5. The lowest BCUT2D eigenvalue weighted by molar-refractivity contribution is 0.0467. The Labute approximate surface area is 277 Å². The Morgan fingerprint density at radius 1 is 0.395 bits per heavy atom. The van der Waals surface area contributed by atoms with Crippen molar-refractivity contribution in [2.45, 2.75) is 176 Å². The molecular weight excluding hydrogens is 670 g/mol. The molecule has 16 heteroatoms. The highest BCUT2D eigenvalue weighted by atomic mass is 28.5. The Kier molecular flexibility index (Phi) is 13.3. The summed E-state index contributed by atoms with van der Waals surface area (Å²) in [5.41, 5.74) is -0.350. The molecule has 0 aromatic rings. The largest absolute Gasteiger partial charge is 0.444 e. The second-order valence-corrected chi connectivity index (χ2v) is 54.1. The van der Waals surface area contributed by atoms with Crippen molar-refractivity contribution in [2.24, 2.45) is 0 Å². The summed E-state index contributed by atoms with van der Waals surface area (Å²) in [5.74, 6) is 0. The summed E-state index contributed by atoms with van der Waals surface area (Å²) < 4.78 is 45.8. The van der Waals surface area contributed by atoms with Crippen molar-refractivity contribution in [3.8, 4) is 0 Å². The van der Waals surface area contributed by atoms with E-state index in [-0.39, 0.29) is 17.1 Å². The first-order valence-electron chi connectivity index (χ1n) is 16.4. The van der Waals surface area contributed by atoms with E-state index < -0.39 is 67.3 Å². The summed E-state index contributed by atoms with van der Waals surface area (Å²) in [5, 5.41) is 0. The number of hydrogen-bond donors (Lipinski definition) is 0. The Bertz CT molecular complexity index is 777. The third kappa shape index (κ3) is 13.9. The predicted octanol–water partition coefficient (Wildman–Crippen LogP) is 9.16. The van der Waals surface area contributed by atoms with E-state index in [2.05, 4.69) is 150 Å². The fourth-order valence-corrected chi connectivity index (χ4v) is 39.6. The third-order valence-corrected chi connectivity index (χ3v) is 32.0. The third-order valence-electron chi connectivity index (χ3n) is 6.50. The lowest BCUT2D eigenvalue weighted by Gasteiger charge is -2.62. The van der Waals surface area contributed by atoms with Crippen LogP contribution in [0, 0.1) is 0 Å². The first-order chi connectivity index (χ1) is 18.4. The van der Waals surface area contributed by atoms with Crippen LogP contribution in [0.2, 0.25) is 118 Å². The molecule has 0 aromatic carbocycles. The van der Waals surface area contributed by atoms with Gasteiger partial charge in [0.15, 0.2) is 49.9 Å². The van der Waals surface area contributed by atoms with Crippen LogP contribution in [0.15, 0.2) is 0 Å². The van der Waals surface area contributed by atoms with Gasteiger partial charge in [-0.25, -0.2) is 0 Å². The molecule has 1 aliphatic rings. The molecule has 0 aliphatic carbocycles. The molecule has 1 saturated heterocycles. The molecule has 0 atom stereocenters. The monoisotopic (exact) mass is 741 g/mol. The van der Waals surface area contributed by atoms with Gasteiger partial charge in [-0.05, 0) is 165 Å². The minimum atomic E-state index is -3.67. The van der Waals surface area contributed by atoms with Gasteiger partial charge in [-0.15, -0.1) is 0 Å². The quantitative estimate of drug-likeness (QED) is 0.155. The summed E-state index contributed by atoms with van der Waals surface area (Å²) >= 11 is 0. The van der Waals surface area contributed by atoms with Crippen LogP contribution in [-0.4, -0.2) is 89.2 Å². The van der Waals surface area contributed by atoms with Gasteiger partial charge in [-0.1, -0.05) is 0 Å². The molecule has 0 unspecified atom stereocenters. The van der Waals surface area contributed by atoms with Gasteiger partial charge in [0.2, 0.25) is 0 Å². The Balaban J connectivity index is 4.70. The fourth-order valence-electron chi connectivity index (χ4n) is 6.27. The number of rotatable bonds is 15. The van der Waals surface area contributed by atoms with Crippen LogP contribution >= 0.6 is 0 Å². The van der Waals surface area contributed by atoms with Crippen molar-refractivity contribution in [2.75, 3.05) is 0 Å². The summed E-state index contributed by atoms with van der Waals surface area (Å²) in [7, 11) is -20.8. The highest BCUT2D eigenvalue weighted by Gasteiger charge is 2.77. The Morgan fingerprint density at radius 2 is 0.581 bits per heavy atom. The van der Waals surface area contributed by atoms with Crippen LogP contribution in [0.25, 0.3) is 0 Å². The van der Waals surface area contributed by atoms with E-state index in [1.54, 1.807) is 0 Å². The van der Waals surface area contributed by atoms with Gasteiger partial charge in [-0.2, -0.15) is 0 Å². The van der Waals surface area contributed by atoms with Crippen LogP contribution in [-0.2, 0) is 24.7 Å². The lowest BCUT2D eigenvalue weighted by atomic mass is 9.76. The predicted molar refractivity (Wildman–Crippen MR) is 208 cm³/mol. The van der Waals surface area contributed by atoms with Crippen molar-refractivity contribution in [3.63, 3.8) is 0 Å². The molecule has 256 valence electrons. The van der Waals surface area contributed by atoms with E-state index in [1.807, 2.05) is 0 Å². The van der Waals surface area contributed by atoms with Crippen molar-refractivity contribution in [3.05, 3.63) is 0 Å². The van der Waals surface area contributed by atoms with Gasteiger partial charge in [0, 0.05) is 11.1 Å². The SMILES string of the molecule is CC1(C)CCCC(C)(C)N1B([Si](O[Si](C)(C)C)(O[Si](C)(C)C)O[Si](C)(C)C)[Si](O[Si](C)(C)C)(O[Si](C)(C)C)O[Si](C)(C)C. The average molecular weight is 742 g/mol. The van der Waals surface area contributed by atoms with E-state index in [4.69, 9.17) is 24.7 Å².